The summed E-state index contributed by atoms with van der Waals surface area (Å²) in [6.45, 7) is 9.28. The van der Waals surface area contributed by atoms with E-state index in [1.54, 1.807) is 27.7 Å². The van der Waals surface area contributed by atoms with E-state index >= 15 is 0 Å². The van der Waals surface area contributed by atoms with Gasteiger partial charge in [-0.2, -0.15) is 0 Å². The lowest BCUT2D eigenvalue weighted by Gasteiger charge is -2.35. The lowest BCUT2D eigenvalue weighted by atomic mass is 10.0. The SMILES string of the molecule is CC(C)NC(=O)N(C)C[C@H]1OCc2cnnn2CCCC(=O)N([C@H](C)CO)C[C@H]1C. The standard InChI is InChI=1S/C20H36N6O4/c1-14(2)22-20(29)24(5)11-18-15(3)10-25(16(4)12-27)19(28)7-6-8-26-17(13-30-18)9-21-23-26/h9,14-16,18,27H,6-8,10-13H2,1-5H3,(H,22,29)/t15-,16-,18-/m1/s1. The number of nitrogens with one attached hydrogen (secondary N) is 1. The van der Waals surface area contributed by atoms with Crippen LogP contribution < -0.4 is 5.32 Å². The fourth-order valence-corrected chi connectivity index (χ4v) is 3.46. The Morgan fingerprint density at radius 3 is 2.83 bits per heavy atom. The fraction of sp³-hybridized carbons (Fsp3) is 0.800. The number of fused-ring (bicyclic) bond motifs is 1. The second kappa shape index (κ2) is 11.3. The number of amides is 3. The van der Waals surface area contributed by atoms with E-state index in [2.05, 4.69) is 15.6 Å². The maximum Gasteiger partial charge on any atom is 0.317 e. The number of hydrogen-bond donors (Lipinski definition) is 2. The van der Waals surface area contributed by atoms with Crippen molar-refractivity contribution in [3.05, 3.63) is 11.9 Å². The van der Waals surface area contributed by atoms with Gasteiger partial charge in [-0.3, -0.25) is 4.79 Å². The van der Waals surface area contributed by atoms with Gasteiger partial charge in [0.25, 0.3) is 0 Å². The lowest BCUT2D eigenvalue weighted by Crippen LogP contribution is -2.49. The molecule has 2 N–H and O–H groups in total. The van der Waals surface area contributed by atoms with Crippen LogP contribution in [0.15, 0.2) is 6.20 Å². The summed E-state index contributed by atoms with van der Waals surface area (Å²) in [6, 6.07) is -0.420. The first-order chi connectivity index (χ1) is 14.2. The smallest absolute Gasteiger partial charge is 0.317 e. The number of nitrogens with zero attached hydrogens (tertiary/aromatic N) is 5. The van der Waals surface area contributed by atoms with E-state index in [1.807, 2.05) is 27.7 Å². The summed E-state index contributed by atoms with van der Waals surface area (Å²) in [7, 11) is 1.73. The van der Waals surface area contributed by atoms with Crippen LogP contribution in [-0.2, 0) is 22.7 Å². The third kappa shape index (κ3) is 6.66. The van der Waals surface area contributed by atoms with E-state index < -0.39 is 0 Å². The van der Waals surface area contributed by atoms with Gasteiger partial charge < -0.3 is 25.0 Å². The molecule has 2 heterocycles. The zero-order valence-corrected chi connectivity index (χ0v) is 18.7. The van der Waals surface area contributed by atoms with Gasteiger partial charge in [-0.15, -0.1) is 5.10 Å². The number of aryl methyl sites for hydroxylation is 1. The molecule has 0 spiro atoms. The van der Waals surface area contributed by atoms with Gasteiger partial charge in [-0.05, 0) is 27.2 Å². The normalized spacial score (nSPS) is 22.1. The van der Waals surface area contributed by atoms with Gasteiger partial charge in [-0.1, -0.05) is 12.1 Å². The molecule has 0 radical (unpaired) electrons. The van der Waals surface area contributed by atoms with Crippen LogP contribution in [0.25, 0.3) is 0 Å². The van der Waals surface area contributed by atoms with Crippen LogP contribution in [-0.4, -0.2) is 86.8 Å². The van der Waals surface area contributed by atoms with E-state index in [4.69, 9.17) is 4.74 Å². The Balaban J connectivity index is 2.22. The average molecular weight is 425 g/mol. The Labute approximate surface area is 178 Å². The van der Waals surface area contributed by atoms with Crippen molar-refractivity contribution in [1.29, 1.82) is 0 Å². The Morgan fingerprint density at radius 2 is 2.17 bits per heavy atom. The molecule has 10 nitrogen and oxygen atoms in total. The molecule has 170 valence electrons. The van der Waals surface area contributed by atoms with Gasteiger partial charge in [0.15, 0.2) is 0 Å². The molecule has 0 saturated heterocycles. The lowest BCUT2D eigenvalue weighted by molar-refractivity contribution is -0.136. The number of likely N-dealkylation sites (N-methyl/N-ethyl adjacent to an activating group) is 1. The summed E-state index contributed by atoms with van der Waals surface area (Å²) in [4.78, 5) is 28.5. The van der Waals surface area contributed by atoms with Crippen LogP contribution in [0.2, 0.25) is 0 Å². The summed E-state index contributed by atoms with van der Waals surface area (Å²) < 4.78 is 7.97. The maximum absolute atomic E-state index is 12.8. The highest BCUT2D eigenvalue weighted by atomic mass is 16.5. The summed E-state index contributed by atoms with van der Waals surface area (Å²) >= 11 is 0. The molecular formula is C20H36N6O4. The minimum absolute atomic E-state index is 0.00436. The van der Waals surface area contributed by atoms with Gasteiger partial charge in [0.2, 0.25) is 5.91 Å². The molecule has 1 aliphatic rings. The summed E-state index contributed by atoms with van der Waals surface area (Å²) in [5, 5.41) is 20.6. The molecule has 0 aliphatic carbocycles. The minimum Gasteiger partial charge on any atom is -0.394 e. The van der Waals surface area contributed by atoms with E-state index in [9.17, 15) is 14.7 Å². The Kier molecular flexibility index (Phi) is 9.04. The molecule has 0 unspecified atom stereocenters. The van der Waals surface area contributed by atoms with Crippen LogP contribution in [0.3, 0.4) is 0 Å². The van der Waals surface area contributed by atoms with Gasteiger partial charge in [0.1, 0.15) is 0 Å². The summed E-state index contributed by atoms with van der Waals surface area (Å²) in [6.07, 6.45) is 2.38. The second-order valence-electron chi connectivity index (χ2n) is 8.44. The van der Waals surface area contributed by atoms with Gasteiger partial charge in [-0.25, -0.2) is 9.48 Å². The molecule has 30 heavy (non-hydrogen) atoms. The monoisotopic (exact) mass is 424 g/mol. The number of aromatic nitrogens is 3. The molecule has 1 aromatic heterocycles. The summed E-state index contributed by atoms with van der Waals surface area (Å²) in [5.41, 5.74) is 0.843. The molecule has 3 atom stereocenters. The number of hydrogen-bond acceptors (Lipinski definition) is 6. The van der Waals surface area contributed by atoms with Crippen molar-refractivity contribution < 1.29 is 19.4 Å². The topological polar surface area (TPSA) is 113 Å². The highest BCUT2D eigenvalue weighted by Crippen LogP contribution is 2.18. The summed E-state index contributed by atoms with van der Waals surface area (Å²) in [5.74, 6) is -0.0590. The van der Waals surface area contributed by atoms with Crippen molar-refractivity contribution in [3.8, 4) is 0 Å². The number of rotatable bonds is 5. The Bertz CT molecular complexity index is 695. The largest absolute Gasteiger partial charge is 0.394 e. The van der Waals surface area contributed by atoms with Crippen LogP contribution in [0, 0.1) is 5.92 Å². The van der Waals surface area contributed by atoms with Gasteiger partial charge >= 0.3 is 6.03 Å². The Hall–Kier alpha value is -2.20. The van der Waals surface area contributed by atoms with Crippen molar-refractivity contribution in [2.24, 2.45) is 5.92 Å². The van der Waals surface area contributed by atoms with Crippen molar-refractivity contribution in [2.45, 2.75) is 71.9 Å². The van der Waals surface area contributed by atoms with E-state index in [0.717, 1.165) is 5.69 Å². The van der Waals surface area contributed by atoms with Gasteiger partial charge in [0, 0.05) is 45.1 Å². The fourth-order valence-electron chi connectivity index (χ4n) is 3.46. The number of aliphatic hydroxyl groups is 1. The molecule has 2 rings (SSSR count). The first-order valence-electron chi connectivity index (χ1n) is 10.6. The van der Waals surface area contributed by atoms with E-state index in [-0.39, 0.29) is 42.7 Å². The molecule has 1 aromatic rings. The molecular weight excluding hydrogens is 388 g/mol. The van der Waals surface area contributed by atoms with Crippen molar-refractivity contribution in [2.75, 3.05) is 26.7 Å². The number of urea groups is 1. The predicted octanol–water partition coefficient (Wildman–Crippen LogP) is 0.852. The maximum atomic E-state index is 12.8. The highest BCUT2D eigenvalue weighted by Gasteiger charge is 2.29. The van der Waals surface area contributed by atoms with E-state index in [1.165, 1.54) is 0 Å². The third-order valence-electron chi connectivity index (χ3n) is 5.35. The molecule has 0 bridgehead atoms. The van der Waals surface area contributed by atoms with E-state index in [0.29, 0.717) is 39.1 Å². The first-order valence-corrected chi connectivity index (χ1v) is 10.6. The van der Waals surface area contributed by atoms with Crippen molar-refractivity contribution in [1.82, 2.24) is 30.1 Å². The van der Waals surface area contributed by atoms with Crippen molar-refractivity contribution >= 4 is 11.9 Å². The van der Waals surface area contributed by atoms with Gasteiger partial charge in [0.05, 0.1) is 37.3 Å². The quantitative estimate of drug-likeness (QED) is 0.725. The third-order valence-corrected chi connectivity index (χ3v) is 5.35. The number of ether oxygens (including phenoxy) is 1. The molecule has 0 fully saturated rings. The van der Waals surface area contributed by atoms with Crippen LogP contribution in [0.4, 0.5) is 4.79 Å². The van der Waals surface area contributed by atoms with Crippen LogP contribution in [0.5, 0.6) is 0 Å². The molecule has 0 saturated carbocycles. The molecule has 0 aromatic carbocycles. The minimum atomic E-state index is -0.308. The Morgan fingerprint density at radius 1 is 1.43 bits per heavy atom. The zero-order valence-electron chi connectivity index (χ0n) is 18.7. The first kappa shape index (κ1) is 24.1. The molecule has 10 heteroatoms. The number of carbonyl (C=O) groups excluding carboxylic acids is 2. The van der Waals surface area contributed by atoms with Crippen molar-refractivity contribution in [3.63, 3.8) is 0 Å². The number of carbonyl (C=O) groups is 2. The zero-order chi connectivity index (χ0) is 22.3. The van der Waals surface area contributed by atoms with Crippen LogP contribution >= 0.6 is 0 Å². The molecule has 1 aliphatic heterocycles. The molecule has 3 amide bonds. The average Bonchev–Trinajstić information content (AvgIpc) is 3.14. The highest BCUT2D eigenvalue weighted by molar-refractivity contribution is 5.76. The number of aliphatic hydroxyl groups excluding tert-OH is 1. The van der Waals surface area contributed by atoms with Crippen LogP contribution in [0.1, 0.15) is 46.2 Å². The predicted molar refractivity (Wildman–Crippen MR) is 112 cm³/mol. The second-order valence-corrected chi connectivity index (χ2v) is 8.44.